The molecule has 2 N–H and O–H groups in total. The van der Waals surface area contributed by atoms with Gasteiger partial charge in [-0.3, -0.25) is 4.79 Å². The molecule has 1 aliphatic carbocycles. The van der Waals surface area contributed by atoms with Crippen molar-refractivity contribution in [3.05, 3.63) is 22.4 Å². The van der Waals surface area contributed by atoms with Crippen LogP contribution in [0, 0.1) is 0 Å². The topological polar surface area (TPSA) is 57.5 Å². The van der Waals surface area contributed by atoms with E-state index in [1.807, 2.05) is 16.8 Å². The number of carboxylic acids is 1. The van der Waals surface area contributed by atoms with E-state index in [4.69, 9.17) is 5.11 Å². The molecule has 1 aliphatic rings. The van der Waals surface area contributed by atoms with Gasteiger partial charge < -0.3 is 10.2 Å². The maximum atomic E-state index is 11.0. The molecule has 1 saturated carbocycles. The van der Waals surface area contributed by atoms with Crippen molar-refractivity contribution in [3.8, 4) is 0 Å². The lowest BCUT2D eigenvalue weighted by Gasteiger charge is -2.41. The molecule has 1 heterocycles. The summed E-state index contributed by atoms with van der Waals surface area (Å²) in [6.45, 7) is 0. The first-order valence-corrected chi connectivity index (χ1v) is 5.03. The normalized spacial score (nSPS) is 32.5. The van der Waals surface area contributed by atoms with Gasteiger partial charge >= 0.3 is 5.97 Å². The Kier molecular flexibility index (Phi) is 1.89. The highest BCUT2D eigenvalue weighted by molar-refractivity contribution is 7.08. The van der Waals surface area contributed by atoms with E-state index in [0.29, 0.717) is 12.8 Å². The second-order valence-corrected chi connectivity index (χ2v) is 4.24. The standard InChI is InChI=1S/C9H10O3S/c10-7-3-9(4-7,8(11)12)6-1-2-13-5-6/h1-2,5,7,10H,3-4H2,(H,11,12). The van der Waals surface area contributed by atoms with Crippen LogP contribution in [0.4, 0.5) is 0 Å². The van der Waals surface area contributed by atoms with E-state index in [2.05, 4.69) is 0 Å². The van der Waals surface area contributed by atoms with Gasteiger partial charge in [-0.25, -0.2) is 0 Å². The molecule has 0 aromatic carbocycles. The molecular formula is C9H10O3S. The minimum Gasteiger partial charge on any atom is -0.481 e. The minimum atomic E-state index is -0.823. The summed E-state index contributed by atoms with van der Waals surface area (Å²) in [5, 5.41) is 22.0. The number of hydrogen-bond acceptors (Lipinski definition) is 3. The van der Waals surface area contributed by atoms with Crippen molar-refractivity contribution in [2.75, 3.05) is 0 Å². The summed E-state index contributed by atoms with van der Waals surface area (Å²) < 4.78 is 0. The average Bonchev–Trinajstić information content (AvgIpc) is 2.49. The van der Waals surface area contributed by atoms with Crippen LogP contribution in [0.2, 0.25) is 0 Å². The highest BCUT2D eigenvalue weighted by Gasteiger charge is 2.51. The smallest absolute Gasteiger partial charge is 0.314 e. The van der Waals surface area contributed by atoms with Gasteiger partial charge in [-0.1, -0.05) is 0 Å². The van der Waals surface area contributed by atoms with Crippen molar-refractivity contribution in [1.82, 2.24) is 0 Å². The highest BCUT2D eigenvalue weighted by atomic mass is 32.1. The number of aliphatic hydroxyl groups excluding tert-OH is 1. The summed E-state index contributed by atoms with van der Waals surface area (Å²) in [5.41, 5.74) is 0.0228. The van der Waals surface area contributed by atoms with Crippen molar-refractivity contribution in [2.24, 2.45) is 0 Å². The van der Waals surface area contributed by atoms with Gasteiger partial charge in [-0.05, 0) is 35.2 Å². The van der Waals surface area contributed by atoms with Crippen LogP contribution in [0.1, 0.15) is 18.4 Å². The van der Waals surface area contributed by atoms with Gasteiger partial charge in [0.1, 0.15) is 0 Å². The monoisotopic (exact) mass is 198 g/mol. The molecule has 0 amide bonds. The van der Waals surface area contributed by atoms with Crippen molar-refractivity contribution >= 4 is 17.3 Å². The summed E-state index contributed by atoms with van der Waals surface area (Å²) in [7, 11) is 0. The number of hydrogen-bond donors (Lipinski definition) is 2. The largest absolute Gasteiger partial charge is 0.481 e. The summed E-state index contributed by atoms with van der Waals surface area (Å²) in [5.74, 6) is -0.823. The molecule has 1 aromatic heterocycles. The van der Waals surface area contributed by atoms with E-state index >= 15 is 0 Å². The molecule has 1 aromatic rings. The van der Waals surface area contributed by atoms with E-state index in [0.717, 1.165) is 5.56 Å². The van der Waals surface area contributed by atoms with Gasteiger partial charge in [0.25, 0.3) is 0 Å². The Bertz CT molecular complexity index is 312. The van der Waals surface area contributed by atoms with Crippen LogP contribution in [-0.2, 0) is 10.2 Å². The maximum Gasteiger partial charge on any atom is 0.314 e. The molecule has 1 fully saturated rings. The van der Waals surface area contributed by atoms with Crippen LogP contribution in [0.15, 0.2) is 16.8 Å². The van der Waals surface area contributed by atoms with Crippen LogP contribution in [-0.4, -0.2) is 22.3 Å². The molecule has 4 heteroatoms. The third-order valence-electron chi connectivity index (χ3n) is 2.65. The van der Waals surface area contributed by atoms with Crippen molar-refractivity contribution in [3.63, 3.8) is 0 Å². The predicted molar refractivity (Wildman–Crippen MR) is 48.9 cm³/mol. The lowest BCUT2D eigenvalue weighted by Crippen LogP contribution is -2.50. The fraction of sp³-hybridized carbons (Fsp3) is 0.444. The number of aliphatic hydroxyl groups is 1. The molecule has 0 spiro atoms. The van der Waals surface area contributed by atoms with Gasteiger partial charge in [0.2, 0.25) is 0 Å². The summed E-state index contributed by atoms with van der Waals surface area (Å²) in [6.07, 6.45) is 0.244. The van der Waals surface area contributed by atoms with Gasteiger partial charge in [0.05, 0.1) is 11.5 Å². The molecule has 0 bridgehead atoms. The second-order valence-electron chi connectivity index (χ2n) is 3.46. The Labute approximate surface area is 79.6 Å². The molecule has 0 aliphatic heterocycles. The number of aliphatic carboxylic acids is 1. The van der Waals surface area contributed by atoms with E-state index in [9.17, 15) is 9.90 Å². The van der Waals surface area contributed by atoms with Gasteiger partial charge in [0.15, 0.2) is 0 Å². The number of carboxylic acid groups (broad SMARTS) is 1. The number of thiophene rings is 1. The Hall–Kier alpha value is -0.870. The summed E-state index contributed by atoms with van der Waals surface area (Å²) in [6, 6.07) is 1.82. The van der Waals surface area contributed by atoms with Gasteiger partial charge in [-0.15, -0.1) is 0 Å². The minimum absolute atomic E-state index is 0.346. The maximum absolute atomic E-state index is 11.0. The fourth-order valence-corrected chi connectivity index (χ4v) is 2.57. The molecule has 0 radical (unpaired) electrons. The SMILES string of the molecule is O=C(O)C1(c2ccsc2)CC(O)C1. The van der Waals surface area contributed by atoms with Gasteiger partial charge in [0, 0.05) is 0 Å². The first kappa shape index (κ1) is 8.72. The van der Waals surface area contributed by atoms with Crippen LogP contribution >= 0.6 is 11.3 Å². The lowest BCUT2D eigenvalue weighted by molar-refractivity contribution is -0.152. The zero-order valence-electron chi connectivity index (χ0n) is 6.93. The predicted octanol–water partition coefficient (Wildman–Crippen LogP) is 1.23. The quantitative estimate of drug-likeness (QED) is 0.751. The Morgan fingerprint density at radius 2 is 2.31 bits per heavy atom. The Morgan fingerprint density at radius 3 is 2.69 bits per heavy atom. The zero-order chi connectivity index (χ0) is 9.47. The van der Waals surface area contributed by atoms with Gasteiger partial charge in [-0.2, -0.15) is 11.3 Å². The number of carbonyl (C=O) groups is 1. The van der Waals surface area contributed by atoms with E-state index in [1.54, 1.807) is 0 Å². The van der Waals surface area contributed by atoms with E-state index in [1.165, 1.54) is 11.3 Å². The molecule has 0 atom stereocenters. The van der Waals surface area contributed by atoms with Crippen molar-refractivity contribution < 1.29 is 15.0 Å². The summed E-state index contributed by atoms with van der Waals surface area (Å²) in [4.78, 5) is 11.0. The molecule has 3 nitrogen and oxygen atoms in total. The molecule has 13 heavy (non-hydrogen) atoms. The van der Waals surface area contributed by atoms with Crippen molar-refractivity contribution in [1.29, 1.82) is 0 Å². The average molecular weight is 198 g/mol. The summed E-state index contributed by atoms with van der Waals surface area (Å²) >= 11 is 1.49. The first-order chi connectivity index (χ1) is 6.15. The van der Waals surface area contributed by atoms with Crippen LogP contribution in [0.25, 0.3) is 0 Å². The molecule has 70 valence electrons. The Morgan fingerprint density at radius 1 is 1.62 bits per heavy atom. The van der Waals surface area contributed by atoms with E-state index < -0.39 is 17.5 Å². The lowest BCUT2D eigenvalue weighted by atomic mass is 9.63. The second kappa shape index (κ2) is 2.82. The molecule has 2 rings (SSSR count). The van der Waals surface area contributed by atoms with Crippen LogP contribution in [0.3, 0.4) is 0 Å². The number of rotatable bonds is 2. The zero-order valence-corrected chi connectivity index (χ0v) is 7.75. The van der Waals surface area contributed by atoms with Crippen LogP contribution in [0.5, 0.6) is 0 Å². The molecule has 0 unspecified atom stereocenters. The highest BCUT2D eigenvalue weighted by Crippen LogP contribution is 2.44. The molecule has 0 saturated heterocycles. The van der Waals surface area contributed by atoms with E-state index in [-0.39, 0.29) is 0 Å². The van der Waals surface area contributed by atoms with Crippen LogP contribution < -0.4 is 0 Å². The third kappa shape index (κ3) is 1.17. The fourth-order valence-electron chi connectivity index (χ4n) is 1.82. The Balaban J connectivity index is 2.31. The third-order valence-corrected chi connectivity index (χ3v) is 3.33. The first-order valence-electron chi connectivity index (χ1n) is 4.09. The molecular weight excluding hydrogens is 188 g/mol. The van der Waals surface area contributed by atoms with Crippen molar-refractivity contribution in [2.45, 2.75) is 24.4 Å².